The van der Waals surface area contributed by atoms with Crippen molar-refractivity contribution in [3.63, 3.8) is 0 Å². The monoisotopic (exact) mass is 542 g/mol. The topological polar surface area (TPSA) is 104 Å². The highest BCUT2D eigenvalue weighted by atomic mass is 28.5. The maximum absolute atomic E-state index is 10.4. The second-order valence-corrected chi connectivity index (χ2v) is 27.8. The van der Waals surface area contributed by atoms with Gasteiger partial charge in [0.05, 0.1) is 19.8 Å². The van der Waals surface area contributed by atoms with E-state index in [0.29, 0.717) is 18.8 Å². The fraction of sp³-hybridized carbons (Fsp3) is 0.857. The second-order valence-electron chi connectivity index (χ2n) is 10.8. The first-order chi connectivity index (χ1) is 14.8. The number of hydrogen-bond acceptors (Lipinski definition) is 8. The lowest BCUT2D eigenvalue weighted by atomic mass is 10.4. The highest BCUT2D eigenvalue weighted by Crippen LogP contribution is 2.29. The number of aliphatic hydroxyl groups is 2. The van der Waals surface area contributed by atoms with E-state index in [9.17, 15) is 9.90 Å². The van der Waals surface area contributed by atoms with Gasteiger partial charge < -0.3 is 32.0 Å². The Bertz CT molecular complexity index is 527. The number of carbonyl (C=O) groups is 1. The number of hydrogen-bond donors (Lipinski definition) is 2. The zero-order valence-corrected chi connectivity index (χ0v) is 26.9. The first kappa shape index (κ1) is 35.0. The number of rotatable bonds is 15. The molecular weight excluding hydrogens is 493 g/mol. The van der Waals surface area contributed by atoms with Gasteiger partial charge in [0.15, 0.2) is 25.0 Å². The maximum Gasteiger partial charge on any atom is 0.469 e. The van der Waals surface area contributed by atoms with Crippen molar-refractivity contribution >= 4 is 39.7 Å². The predicted octanol–water partition coefficient (Wildman–Crippen LogP) is 4.37. The van der Waals surface area contributed by atoms with Crippen molar-refractivity contribution in [2.75, 3.05) is 26.4 Å². The van der Waals surface area contributed by atoms with E-state index < -0.39 is 39.9 Å². The van der Waals surface area contributed by atoms with Gasteiger partial charge in [0.1, 0.15) is 6.10 Å². The molecule has 0 aliphatic heterocycles. The van der Waals surface area contributed by atoms with E-state index in [1.807, 2.05) is 0 Å². The van der Waals surface area contributed by atoms with Gasteiger partial charge in [-0.25, -0.2) is 4.79 Å². The molecule has 198 valence electrons. The Morgan fingerprint density at radius 1 is 0.909 bits per heavy atom. The van der Waals surface area contributed by atoms with Crippen LogP contribution in [0.1, 0.15) is 20.3 Å². The number of carbonyl (C=O) groups excluding carboxylic acids is 1. The van der Waals surface area contributed by atoms with Crippen LogP contribution in [-0.4, -0.2) is 82.5 Å². The molecular formula is C21H50O8Si4. The zero-order chi connectivity index (χ0) is 26.5. The van der Waals surface area contributed by atoms with E-state index in [1.54, 1.807) is 13.8 Å². The van der Waals surface area contributed by atoms with Crippen molar-refractivity contribution in [3.8, 4) is 0 Å². The molecule has 0 spiro atoms. The minimum absolute atomic E-state index is 0.143. The van der Waals surface area contributed by atoms with Crippen molar-refractivity contribution in [1.82, 2.24) is 0 Å². The number of esters is 1. The highest BCUT2D eigenvalue weighted by Gasteiger charge is 2.49. The van der Waals surface area contributed by atoms with E-state index in [-0.39, 0.29) is 19.2 Å². The molecule has 0 bridgehead atoms. The van der Waals surface area contributed by atoms with Crippen LogP contribution in [0.25, 0.3) is 0 Å². The standard InChI is InChI=1S/C15H40O6Si4.C6H10O2/c1-22(2,3)19-25(20-23(4,5)6,21-24(7,8)9)12-10-11-18-14-15(17)13-16;1-4-8-6(7)5(2)3/h15-17H,10-14H2,1-9H3;2,4H2,1,3H3. The predicted molar refractivity (Wildman–Crippen MR) is 144 cm³/mol. The van der Waals surface area contributed by atoms with Gasteiger partial charge in [-0.15, -0.1) is 0 Å². The molecule has 0 aromatic rings. The SMILES string of the molecule is C=C(C)C(=O)OCC.C[Si](C)(C)O[Si](CCCOCC(O)CO)(O[Si](C)(C)C)O[Si](C)(C)C. The molecule has 33 heavy (non-hydrogen) atoms. The summed E-state index contributed by atoms with van der Waals surface area (Å²) in [5.74, 6) is -0.312. The van der Waals surface area contributed by atoms with Gasteiger partial charge >= 0.3 is 14.8 Å². The lowest BCUT2D eigenvalue weighted by Gasteiger charge is -2.42. The second kappa shape index (κ2) is 15.8. The quantitative estimate of drug-likeness (QED) is 0.136. The molecule has 0 heterocycles. The summed E-state index contributed by atoms with van der Waals surface area (Å²) in [6.07, 6.45) is -0.0687. The van der Waals surface area contributed by atoms with E-state index in [4.69, 9.17) is 22.2 Å². The third-order valence-corrected chi connectivity index (χ3v) is 15.3. The van der Waals surface area contributed by atoms with Crippen molar-refractivity contribution in [3.05, 3.63) is 12.2 Å². The first-order valence-electron chi connectivity index (χ1n) is 11.6. The van der Waals surface area contributed by atoms with Crippen LogP contribution in [0.3, 0.4) is 0 Å². The van der Waals surface area contributed by atoms with Crippen molar-refractivity contribution in [2.45, 2.75) is 91.3 Å². The van der Waals surface area contributed by atoms with Crippen molar-refractivity contribution in [1.29, 1.82) is 0 Å². The Labute approximate surface area is 206 Å². The first-order valence-corrected chi connectivity index (χ1v) is 23.7. The van der Waals surface area contributed by atoms with Gasteiger partial charge in [-0.1, -0.05) is 6.58 Å². The summed E-state index contributed by atoms with van der Waals surface area (Å²) in [5.41, 5.74) is 0.451. The Morgan fingerprint density at radius 3 is 1.61 bits per heavy atom. The average Bonchev–Trinajstić information content (AvgIpc) is 2.57. The molecule has 1 atom stereocenters. The molecule has 0 radical (unpaired) electrons. The molecule has 0 aliphatic carbocycles. The largest absolute Gasteiger partial charge is 0.469 e. The van der Waals surface area contributed by atoms with Gasteiger partial charge in [0.25, 0.3) is 0 Å². The Balaban J connectivity index is 0. The third kappa shape index (κ3) is 22.1. The maximum atomic E-state index is 10.4. The summed E-state index contributed by atoms with van der Waals surface area (Å²) < 4.78 is 29.8. The van der Waals surface area contributed by atoms with Gasteiger partial charge in [0, 0.05) is 18.2 Å². The normalized spacial score (nSPS) is 13.7. The van der Waals surface area contributed by atoms with Crippen molar-refractivity contribution < 1.29 is 36.8 Å². The Kier molecular flexibility index (Phi) is 16.7. The smallest absolute Gasteiger partial charge is 0.463 e. The molecule has 0 aromatic carbocycles. The van der Waals surface area contributed by atoms with Crippen LogP contribution < -0.4 is 0 Å². The molecule has 1 unspecified atom stereocenters. The minimum atomic E-state index is -2.79. The molecule has 0 saturated heterocycles. The summed E-state index contributed by atoms with van der Waals surface area (Å²) in [6, 6.07) is 0.723. The third-order valence-electron chi connectivity index (χ3n) is 3.30. The number of aliphatic hydroxyl groups excluding tert-OH is 2. The molecule has 0 rings (SSSR count). The molecule has 12 heteroatoms. The summed E-state index contributed by atoms with van der Waals surface area (Å²) in [6.45, 7) is 27.1. The van der Waals surface area contributed by atoms with Crippen LogP contribution in [-0.2, 0) is 26.6 Å². The van der Waals surface area contributed by atoms with Gasteiger partial charge in [0.2, 0.25) is 0 Å². The van der Waals surface area contributed by atoms with E-state index in [1.165, 1.54) is 0 Å². The molecule has 0 aliphatic rings. The molecule has 2 N–H and O–H groups in total. The summed E-state index contributed by atoms with van der Waals surface area (Å²) >= 11 is 0. The van der Waals surface area contributed by atoms with E-state index in [0.717, 1.165) is 12.5 Å². The van der Waals surface area contributed by atoms with Gasteiger partial charge in [-0.05, 0) is 79.2 Å². The summed E-state index contributed by atoms with van der Waals surface area (Å²) in [7, 11) is -8.32. The summed E-state index contributed by atoms with van der Waals surface area (Å²) in [5, 5.41) is 18.2. The van der Waals surface area contributed by atoms with Crippen molar-refractivity contribution in [2.24, 2.45) is 0 Å². The minimum Gasteiger partial charge on any atom is -0.463 e. The van der Waals surface area contributed by atoms with Crippen LogP contribution in [0.4, 0.5) is 0 Å². The molecule has 0 fully saturated rings. The number of ether oxygens (including phenoxy) is 2. The van der Waals surface area contributed by atoms with Crippen LogP contribution in [0.15, 0.2) is 12.2 Å². The van der Waals surface area contributed by atoms with Crippen LogP contribution in [0, 0.1) is 0 Å². The average molecular weight is 543 g/mol. The van der Waals surface area contributed by atoms with E-state index >= 15 is 0 Å². The molecule has 8 nitrogen and oxygen atoms in total. The van der Waals surface area contributed by atoms with E-state index in [2.05, 4.69) is 70.2 Å². The van der Waals surface area contributed by atoms with Gasteiger partial charge in [-0.3, -0.25) is 0 Å². The molecule has 0 saturated carbocycles. The van der Waals surface area contributed by atoms with Crippen LogP contribution >= 0.6 is 0 Å². The fourth-order valence-corrected chi connectivity index (χ4v) is 17.2. The van der Waals surface area contributed by atoms with Crippen LogP contribution in [0.2, 0.25) is 65.0 Å². The fourth-order valence-electron chi connectivity index (χ4n) is 2.53. The lowest BCUT2D eigenvalue weighted by molar-refractivity contribution is -0.138. The molecule has 0 amide bonds. The highest BCUT2D eigenvalue weighted by molar-refractivity contribution is 6.90. The molecule has 0 aromatic heterocycles. The Hall–Kier alpha value is -0.162. The zero-order valence-electron chi connectivity index (χ0n) is 22.9. The van der Waals surface area contributed by atoms with Crippen LogP contribution in [0.5, 0.6) is 0 Å². The Morgan fingerprint density at radius 2 is 1.33 bits per heavy atom. The summed E-state index contributed by atoms with van der Waals surface area (Å²) in [4.78, 5) is 10.4. The van der Waals surface area contributed by atoms with Gasteiger partial charge in [-0.2, -0.15) is 0 Å². The lowest BCUT2D eigenvalue weighted by Crippen LogP contribution is -2.60.